The molecular formula is C32H35N7O. The topological polar surface area (TPSA) is 101 Å². The molecule has 40 heavy (non-hydrogen) atoms. The summed E-state index contributed by atoms with van der Waals surface area (Å²) in [5.41, 5.74) is 7.21. The molecule has 0 spiro atoms. The van der Waals surface area contributed by atoms with Crippen LogP contribution < -0.4 is 10.6 Å². The molecule has 2 aliphatic rings. The Labute approximate surface area is 234 Å². The second-order valence-corrected chi connectivity index (χ2v) is 11.8. The first-order valence-electron chi connectivity index (χ1n) is 14.2. The van der Waals surface area contributed by atoms with E-state index in [9.17, 15) is 0 Å². The maximum absolute atomic E-state index is 5.45. The molecule has 1 aliphatic heterocycles. The van der Waals surface area contributed by atoms with Crippen LogP contribution in [0.1, 0.15) is 50.2 Å². The van der Waals surface area contributed by atoms with Gasteiger partial charge in [-0.2, -0.15) is 0 Å². The largest absolute Gasteiger partial charge is 0.380 e. The minimum atomic E-state index is 0.0948. The van der Waals surface area contributed by atoms with E-state index in [1.165, 1.54) is 18.4 Å². The van der Waals surface area contributed by atoms with Crippen LogP contribution in [0.4, 0.5) is 5.82 Å². The molecule has 1 aromatic carbocycles. The van der Waals surface area contributed by atoms with Gasteiger partial charge in [0.25, 0.3) is 0 Å². The molecule has 8 nitrogen and oxygen atoms in total. The number of anilines is 1. The number of fused-ring (bicyclic) bond motifs is 2. The molecule has 5 aromatic rings. The smallest absolute Gasteiger partial charge is 0.163 e. The quantitative estimate of drug-likeness (QED) is 0.234. The Bertz CT molecular complexity index is 1700. The molecule has 204 valence electrons. The van der Waals surface area contributed by atoms with Crippen molar-refractivity contribution in [1.82, 2.24) is 30.2 Å². The van der Waals surface area contributed by atoms with Crippen LogP contribution in [0.15, 0.2) is 55.0 Å². The average molecular weight is 534 g/mol. The van der Waals surface area contributed by atoms with Gasteiger partial charge in [0.2, 0.25) is 0 Å². The highest BCUT2D eigenvalue weighted by atomic mass is 16.5. The molecule has 0 bridgehead atoms. The fraction of sp³-hybridized carbons (Fsp3) is 0.375. The normalized spacial score (nSPS) is 18.8. The summed E-state index contributed by atoms with van der Waals surface area (Å²) in [4.78, 5) is 23.1. The van der Waals surface area contributed by atoms with Gasteiger partial charge >= 0.3 is 0 Å². The number of pyridine rings is 2. The molecule has 3 N–H and O–H groups in total. The van der Waals surface area contributed by atoms with Crippen LogP contribution in [-0.4, -0.2) is 51.2 Å². The lowest BCUT2D eigenvalue weighted by atomic mass is 9.80. The number of nitrogens with zero attached hydrogens (tertiary/aromatic N) is 4. The number of nitrogens with one attached hydrogen (secondary N) is 3. The van der Waals surface area contributed by atoms with Crippen LogP contribution in [0.5, 0.6) is 0 Å². The van der Waals surface area contributed by atoms with Crippen LogP contribution in [-0.2, 0) is 11.3 Å². The molecular weight excluding hydrogens is 498 g/mol. The Morgan fingerprint density at radius 1 is 1.05 bits per heavy atom. The van der Waals surface area contributed by atoms with Crippen LogP contribution in [0, 0.1) is 5.41 Å². The highest BCUT2D eigenvalue weighted by molar-refractivity contribution is 5.98. The zero-order valence-corrected chi connectivity index (χ0v) is 23.3. The van der Waals surface area contributed by atoms with E-state index >= 15 is 0 Å². The fourth-order valence-corrected chi connectivity index (χ4v) is 6.07. The highest BCUT2D eigenvalue weighted by Crippen LogP contribution is 2.45. The van der Waals surface area contributed by atoms with Gasteiger partial charge in [-0.15, -0.1) is 0 Å². The van der Waals surface area contributed by atoms with Gasteiger partial charge in [0.15, 0.2) is 5.82 Å². The number of ether oxygens (including phenoxy) is 1. The maximum Gasteiger partial charge on any atom is 0.163 e. The summed E-state index contributed by atoms with van der Waals surface area (Å²) in [5.74, 6) is 2.13. The third-order valence-electron chi connectivity index (χ3n) is 8.48. The van der Waals surface area contributed by atoms with E-state index in [1.807, 2.05) is 36.8 Å². The van der Waals surface area contributed by atoms with Crippen molar-refractivity contribution in [2.45, 2.75) is 51.7 Å². The van der Waals surface area contributed by atoms with Gasteiger partial charge < -0.3 is 20.4 Å². The molecule has 2 fully saturated rings. The van der Waals surface area contributed by atoms with Crippen molar-refractivity contribution in [2.75, 3.05) is 25.5 Å². The van der Waals surface area contributed by atoms with E-state index in [1.54, 1.807) is 7.11 Å². The highest BCUT2D eigenvalue weighted by Gasteiger charge is 2.34. The molecule has 1 unspecified atom stereocenters. The summed E-state index contributed by atoms with van der Waals surface area (Å²) in [7, 11) is 1.72. The van der Waals surface area contributed by atoms with Gasteiger partial charge in [-0.3, -0.25) is 4.98 Å². The van der Waals surface area contributed by atoms with E-state index in [0.29, 0.717) is 24.4 Å². The number of aromatic amines is 1. The number of hydrogen-bond acceptors (Lipinski definition) is 7. The molecule has 1 saturated carbocycles. The number of hydrogen-bond donors (Lipinski definition) is 3. The Kier molecular flexibility index (Phi) is 6.24. The third kappa shape index (κ3) is 4.51. The van der Waals surface area contributed by atoms with Crippen molar-refractivity contribution in [2.24, 2.45) is 5.41 Å². The number of aromatic nitrogens is 5. The number of rotatable bonds is 7. The Morgan fingerprint density at radius 3 is 2.75 bits per heavy atom. The van der Waals surface area contributed by atoms with Crippen molar-refractivity contribution in [3.63, 3.8) is 0 Å². The number of H-pyrrole nitrogens is 1. The molecule has 1 atom stereocenters. The molecule has 0 amide bonds. The van der Waals surface area contributed by atoms with Crippen LogP contribution in [0.3, 0.4) is 0 Å². The van der Waals surface area contributed by atoms with E-state index in [2.05, 4.69) is 57.6 Å². The number of piperidine rings is 1. The monoisotopic (exact) mass is 533 g/mol. The first-order valence-corrected chi connectivity index (χ1v) is 14.2. The van der Waals surface area contributed by atoms with E-state index in [4.69, 9.17) is 14.7 Å². The summed E-state index contributed by atoms with van der Waals surface area (Å²) in [5, 5.41) is 9.55. The van der Waals surface area contributed by atoms with Gasteiger partial charge in [0.1, 0.15) is 11.5 Å². The van der Waals surface area contributed by atoms with Crippen LogP contribution >= 0.6 is 0 Å². The molecule has 7 rings (SSSR count). The lowest BCUT2D eigenvalue weighted by Gasteiger charge is -2.40. The Morgan fingerprint density at radius 2 is 1.93 bits per heavy atom. The molecule has 1 saturated heterocycles. The van der Waals surface area contributed by atoms with Gasteiger partial charge in [0, 0.05) is 59.7 Å². The Balaban J connectivity index is 1.38. The van der Waals surface area contributed by atoms with Crippen LogP contribution in [0.25, 0.3) is 44.6 Å². The lowest BCUT2D eigenvalue weighted by molar-refractivity contribution is 0.185. The Hall–Kier alpha value is -3.88. The predicted molar refractivity (Wildman–Crippen MR) is 159 cm³/mol. The molecule has 0 radical (unpaired) electrons. The predicted octanol–water partition coefficient (Wildman–Crippen LogP) is 6.06. The average Bonchev–Trinajstić information content (AvgIpc) is 3.71. The summed E-state index contributed by atoms with van der Waals surface area (Å²) < 4.78 is 5.45. The standard InChI is InChI=1S/C32H35N7O/c1-32(2)18-33-12-11-27(32)38-31-28-24(19-8-9-19)15-34-16-26(28)37-30(39-31)22-10-13-35-29-23(22)14-25(36-29)21-7-5-4-6-20(21)17-40-3/h4-7,10,13-16,19,27,33H,8-9,11-12,17-18H2,1-3H3,(H,35,36)(H,37,38,39). The van der Waals surface area contributed by atoms with E-state index in [-0.39, 0.29) is 5.41 Å². The van der Waals surface area contributed by atoms with Crippen molar-refractivity contribution < 1.29 is 4.74 Å². The zero-order valence-electron chi connectivity index (χ0n) is 23.3. The van der Waals surface area contributed by atoms with Crippen molar-refractivity contribution >= 4 is 27.8 Å². The number of methoxy groups -OCH3 is 1. The van der Waals surface area contributed by atoms with E-state index < -0.39 is 0 Å². The van der Waals surface area contributed by atoms with Gasteiger partial charge in [-0.25, -0.2) is 15.0 Å². The third-order valence-corrected chi connectivity index (χ3v) is 8.48. The van der Waals surface area contributed by atoms with E-state index in [0.717, 1.165) is 69.6 Å². The lowest BCUT2D eigenvalue weighted by Crippen LogP contribution is -2.49. The minimum Gasteiger partial charge on any atom is -0.380 e. The number of benzene rings is 1. The summed E-state index contributed by atoms with van der Waals surface area (Å²) >= 11 is 0. The summed E-state index contributed by atoms with van der Waals surface area (Å²) in [6, 6.07) is 12.8. The fourth-order valence-electron chi connectivity index (χ4n) is 6.07. The molecule has 1 aliphatic carbocycles. The van der Waals surface area contributed by atoms with Gasteiger partial charge in [-0.1, -0.05) is 38.1 Å². The summed E-state index contributed by atoms with van der Waals surface area (Å²) in [6.45, 7) is 7.14. The SMILES string of the molecule is COCc1ccccc1-c1cc2c(-c3nc(NC4CCNCC4(C)C)c4c(C5CC5)cncc4n3)ccnc2[nH]1. The first kappa shape index (κ1) is 25.1. The molecule has 5 heterocycles. The maximum atomic E-state index is 5.45. The van der Waals surface area contributed by atoms with Crippen molar-refractivity contribution in [3.8, 4) is 22.6 Å². The van der Waals surface area contributed by atoms with Gasteiger partial charge in [-0.05, 0) is 60.4 Å². The van der Waals surface area contributed by atoms with Crippen molar-refractivity contribution in [1.29, 1.82) is 0 Å². The second-order valence-electron chi connectivity index (χ2n) is 11.8. The zero-order chi connectivity index (χ0) is 27.3. The summed E-state index contributed by atoms with van der Waals surface area (Å²) in [6.07, 6.45) is 9.16. The van der Waals surface area contributed by atoms with Crippen molar-refractivity contribution in [3.05, 3.63) is 66.1 Å². The second kappa shape index (κ2) is 9.94. The van der Waals surface area contributed by atoms with Gasteiger partial charge in [0.05, 0.1) is 18.3 Å². The molecule has 4 aromatic heterocycles. The molecule has 8 heteroatoms. The minimum absolute atomic E-state index is 0.0948. The first-order chi connectivity index (χ1) is 19.5. The van der Waals surface area contributed by atoms with Crippen LogP contribution in [0.2, 0.25) is 0 Å².